The third-order valence-electron chi connectivity index (χ3n) is 8.26. The first kappa shape index (κ1) is 18.1. The molecule has 0 spiro atoms. The summed E-state index contributed by atoms with van der Waals surface area (Å²) in [5.41, 5.74) is 5.23. The van der Waals surface area contributed by atoms with Gasteiger partial charge in [0, 0.05) is 42.6 Å². The van der Waals surface area contributed by atoms with Crippen LogP contribution < -0.4 is 5.73 Å². The van der Waals surface area contributed by atoms with Crippen molar-refractivity contribution in [2.45, 2.75) is 62.0 Å². The number of quaternary nitrogens is 1. The lowest BCUT2D eigenvalue weighted by Crippen LogP contribution is -2.78. The molecule has 5 rings (SSSR count). The summed E-state index contributed by atoms with van der Waals surface area (Å²) in [7, 11) is 2.25. The Morgan fingerprint density at radius 2 is 2.07 bits per heavy atom. The molecule has 6 nitrogen and oxygen atoms in total. The quantitative estimate of drug-likeness (QED) is 0.685. The number of aromatic hydroxyl groups is 1. The normalized spacial score (nSPS) is 39.2. The van der Waals surface area contributed by atoms with Crippen molar-refractivity contribution in [1.29, 1.82) is 0 Å². The number of carbonyl (C=O) groups is 2. The predicted molar refractivity (Wildman–Crippen MR) is 103 cm³/mol. The average Bonchev–Trinajstić information content (AvgIpc) is 3.43. The van der Waals surface area contributed by atoms with Gasteiger partial charge in [-0.05, 0) is 30.9 Å². The molecular formula is C22H29N2O4+. The highest BCUT2D eigenvalue weighted by molar-refractivity contribution is 5.96. The Balaban J connectivity index is 1.73. The zero-order valence-corrected chi connectivity index (χ0v) is 16.4. The zero-order chi connectivity index (χ0) is 19.9. The molecule has 1 aliphatic heterocycles. The van der Waals surface area contributed by atoms with Crippen molar-refractivity contribution in [3.05, 3.63) is 28.8 Å². The van der Waals surface area contributed by atoms with Gasteiger partial charge in [-0.3, -0.25) is 9.59 Å². The monoisotopic (exact) mass is 385 g/mol. The molecule has 3 aliphatic carbocycles. The molecule has 1 aromatic rings. The van der Waals surface area contributed by atoms with Crippen LogP contribution in [0.25, 0.3) is 0 Å². The molecule has 1 aromatic carbocycles. The Hall–Kier alpha value is -1.92. The minimum Gasteiger partial charge on any atom is -0.507 e. The lowest BCUT2D eigenvalue weighted by molar-refractivity contribution is -0.950. The van der Waals surface area contributed by atoms with Crippen molar-refractivity contribution in [3.63, 3.8) is 0 Å². The van der Waals surface area contributed by atoms with E-state index in [1.54, 1.807) is 6.07 Å². The van der Waals surface area contributed by atoms with Crippen LogP contribution in [0.1, 0.15) is 60.0 Å². The lowest BCUT2D eigenvalue weighted by atomic mass is 9.48. The van der Waals surface area contributed by atoms with Crippen LogP contribution in [0, 0.1) is 5.92 Å². The van der Waals surface area contributed by atoms with Crippen molar-refractivity contribution in [2.24, 2.45) is 11.7 Å². The number of phenols is 1. The van der Waals surface area contributed by atoms with E-state index >= 15 is 0 Å². The van der Waals surface area contributed by atoms with E-state index in [4.69, 9.17) is 5.73 Å². The second-order valence-electron chi connectivity index (χ2n) is 9.88. The van der Waals surface area contributed by atoms with E-state index in [-0.39, 0.29) is 29.6 Å². The minimum absolute atomic E-state index is 0.00118. The molecule has 3 fully saturated rings. The van der Waals surface area contributed by atoms with Gasteiger partial charge < -0.3 is 20.4 Å². The predicted octanol–water partition coefficient (Wildman–Crippen LogP) is 1.40. The van der Waals surface area contributed by atoms with Crippen LogP contribution in [0.3, 0.4) is 0 Å². The second kappa shape index (κ2) is 5.57. The number of amides is 1. The van der Waals surface area contributed by atoms with E-state index in [1.807, 2.05) is 6.07 Å². The largest absolute Gasteiger partial charge is 0.507 e. The first-order valence-electron chi connectivity index (χ1n) is 10.4. The number of rotatable bonds is 3. The van der Waals surface area contributed by atoms with Crippen LogP contribution in [0.4, 0.5) is 0 Å². The maximum atomic E-state index is 12.6. The van der Waals surface area contributed by atoms with Gasteiger partial charge >= 0.3 is 0 Å². The summed E-state index contributed by atoms with van der Waals surface area (Å²) in [6.07, 6.45) is 4.85. The SMILES string of the molecule is C[N@+]1(CC2CC2)CC[C@]23CC(=O)CCC2(O)[C@H]1Cc1ccc(C(N)=O)c(O)c13. The molecule has 0 aromatic heterocycles. The van der Waals surface area contributed by atoms with Gasteiger partial charge in [-0.25, -0.2) is 0 Å². The Kier molecular flexibility index (Phi) is 3.61. The van der Waals surface area contributed by atoms with Crippen LogP contribution in [-0.4, -0.2) is 58.2 Å². The number of benzene rings is 1. The van der Waals surface area contributed by atoms with Gasteiger partial charge in [-0.15, -0.1) is 0 Å². The number of likely N-dealkylation sites (N-methyl/N-ethyl adjacent to an activating group) is 1. The number of hydrogen-bond donors (Lipinski definition) is 3. The Morgan fingerprint density at radius 1 is 1.32 bits per heavy atom. The summed E-state index contributed by atoms with van der Waals surface area (Å²) in [6.45, 7) is 1.94. The summed E-state index contributed by atoms with van der Waals surface area (Å²) in [5.74, 6) is 0.0429. The number of nitrogens with zero attached hydrogens (tertiary/aromatic N) is 1. The Bertz CT molecular complexity index is 895. The fourth-order valence-electron chi connectivity index (χ4n) is 6.73. The van der Waals surface area contributed by atoms with Crippen LogP contribution in [-0.2, 0) is 16.6 Å². The topological polar surface area (TPSA) is 101 Å². The molecule has 2 bridgehead atoms. The molecule has 1 unspecified atom stereocenters. The highest BCUT2D eigenvalue weighted by Gasteiger charge is 2.70. The van der Waals surface area contributed by atoms with Crippen LogP contribution in [0.15, 0.2) is 12.1 Å². The van der Waals surface area contributed by atoms with E-state index < -0.39 is 16.9 Å². The molecule has 6 heteroatoms. The highest BCUT2D eigenvalue weighted by atomic mass is 16.3. The van der Waals surface area contributed by atoms with Crippen LogP contribution >= 0.6 is 0 Å². The number of nitrogens with two attached hydrogens (primary N) is 1. The van der Waals surface area contributed by atoms with E-state index in [0.717, 1.165) is 29.1 Å². The molecule has 1 saturated heterocycles. The summed E-state index contributed by atoms with van der Waals surface area (Å²) in [5, 5.41) is 23.2. The number of likely N-dealkylation sites (tertiary alicyclic amines) is 1. The van der Waals surface area contributed by atoms with Crippen molar-refractivity contribution in [1.82, 2.24) is 0 Å². The number of primary amides is 1. The van der Waals surface area contributed by atoms with Gasteiger partial charge in [0.05, 0.1) is 25.7 Å². The smallest absolute Gasteiger partial charge is 0.252 e. The average molecular weight is 385 g/mol. The van der Waals surface area contributed by atoms with Crippen molar-refractivity contribution >= 4 is 11.7 Å². The highest BCUT2D eigenvalue weighted by Crippen LogP contribution is 2.61. The van der Waals surface area contributed by atoms with Gasteiger partial charge in [0.1, 0.15) is 23.2 Å². The molecule has 28 heavy (non-hydrogen) atoms. The van der Waals surface area contributed by atoms with Crippen molar-refractivity contribution < 1.29 is 24.3 Å². The zero-order valence-electron chi connectivity index (χ0n) is 16.4. The maximum Gasteiger partial charge on any atom is 0.252 e. The van der Waals surface area contributed by atoms with Crippen molar-refractivity contribution in [2.75, 3.05) is 20.1 Å². The first-order valence-corrected chi connectivity index (χ1v) is 10.4. The molecule has 1 heterocycles. The van der Waals surface area contributed by atoms with Gasteiger partial charge in [0.2, 0.25) is 0 Å². The van der Waals surface area contributed by atoms with E-state index in [1.165, 1.54) is 12.8 Å². The van der Waals surface area contributed by atoms with Gasteiger partial charge in [0.15, 0.2) is 0 Å². The number of fused-ring (bicyclic) bond motifs is 1. The number of carbonyl (C=O) groups excluding carboxylic acids is 2. The molecule has 4 atom stereocenters. The minimum atomic E-state index is -1.05. The third kappa shape index (κ3) is 2.22. The Morgan fingerprint density at radius 3 is 2.75 bits per heavy atom. The molecule has 0 radical (unpaired) electrons. The standard InChI is InChI=1S/C22H28N2O4/c1-24(12-13-2-3-13)9-8-21-11-15(25)6-7-22(21,28)17(24)10-14-4-5-16(20(23)27)19(26)18(14)21/h4-5,13,17,28H,2-3,6-12H2,1H3,(H2-,23,26,27)/p+1/t17-,21-,22?,24-/m1/s1. The number of hydrogen-bond acceptors (Lipinski definition) is 4. The maximum absolute atomic E-state index is 12.6. The molecule has 4 N–H and O–H groups in total. The molecule has 2 saturated carbocycles. The third-order valence-corrected chi connectivity index (χ3v) is 8.26. The molecule has 1 amide bonds. The fourth-order valence-corrected chi connectivity index (χ4v) is 6.73. The second-order valence-corrected chi connectivity index (χ2v) is 9.88. The summed E-state index contributed by atoms with van der Waals surface area (Å²) < 4.78 is 0.828. The lowest BCUT2D eigenvalue weighted by Gasteiger charge is -2.65. The van der Waals surface area contributed by atoms with Crippen molar-refractivity contribution in [3.8, 4) is 5.75 Å². The fraction of sp³-hybridized carbons (Fsp3) is 0.636. The summed E-state index contributed by atoms with van der Waals surface area (Å²) in [6, 6.07) is 3.46. The first-order chi connectivity index (χ1) is 13.2. The molecule has 4 aliphatic rings. The molecular weight excluding hydrogens is 356 g/mol. The number of Topliss-reactive ketones (excluding diaryl/α,β-unsaturated/α-hetero) is 1. The van der Waals surface area contributed by atoms with Gasteiger partial charge in [-0.1, -0.05) is 6.07 Å². The summed E-state index contributed by atoms with van der Waals surface area (Å²) in [4.78, 5) is 24.4. The number of aliphatic hydroxyl groups is 1. The van der Waals surface area contributed by atoms with E-state index in [9.17, 15) is 19.8 Å². The van der Waals surface area contributed by atoms with Gasteiger partial charge in [0.25, 0.3) is 5.91 Å². The number of ketones is 1. The number of piperidine rings is 1. The molecule has 150 valence electrons. The summed E-state index contributed by atoms with van der Waals surface area (Å²) >= 11 is 0. The van der Waals surface area contributed by atoms with Gasteiger partial charge in [-0.2, -0.15) is 0 Å². The Labute approximate surface area is 164 Å². The van der Waals surface area contributed by atoms with E-state index in [0.29, 0.717) is 31.2 Å². The van der Waals surface area contributed by atoms with E-state index in [2.05, 4.69) is 7.05 Å². The van der Waals surface area contributed by atoms with Crippen LogP contribution in [0.2, 0.25) is 0 Å². The van der Waals surface area contributed by atoms with Crippen LogP contribution in [0.5, 0.6) is 5.75 Å².